The Hall–Kier alpha value is -0.0400. The van der Waals surface area contributed by atoms with Crippen LogP contribution in [0.25, 0.3) is 0 Å². The van der Waals surface area contributed by atoms with Crippen LogP contribution in [0.3, 0.4) is 0 Å². The second-order valence-corrected chi connectivity index (χ2v) is 3.15. The third-order valence-corrected chi connectivity index (χ3v) is 2.53. The molecule has 1 aliphatic heterocycles. The lowest BCUT2D eigenvalue weighted by molar-refractivity contribution is 0.185. The standard InChI is InChI=1S/C8H14N/c1-2-7-9(6-1)8-4-3-5-8/h6,8H,1-5,7H2. The Morgan fingerprint density at radius 3 is 2.56 bits per heavy atom. The molecule has 2 aliphatic rings. The molecule has 0 unspecified atom stereocenters. The smallest absolute Gasteiger partial charge is 0.0255 e. The summed E-state index contributed by atoms with van der Waals surface area (Å²) in [6.45, 7) is 3.73. The molecule has 0 spiro atoms. The largest absolute Gasteiger partial charge is 0.296 e. The van der Waals surface area contributed by atoms with Gasteiger partial charge in [0.15, 0.2) is 0 Å². The van der Waals surface area contributed by atoms with Gasteiger partial charge in [-0.15, -0.1) is 0 Å². The normalized spacial score (nSPS) is 30.7. The van der Waals surface area contributed by atoms with Crippen molar-refractivity contribution in [3.63, 3.8) is 0 Å². The number of likely N-dealkylation sites (tertiary alicyclic amines) is 1. The minimum atomic E-state index is 0.951. The fourth-order valence-electron chi connectivity index (χ4n) is 1.67. The predicted octanol–water partition coefficient (Wildman–Crippen LogP) is 1.80. The van der Waals surface area contributed by atoms with Gasteiger partial charge in [0.25, 0.3) is 0 Å². The van der Waals surface area contributed by atoms with Crippen molar-refractivity contribution < 1.29 is 0 Å². The van der Waals surface area contributed by atoms with Crippen LogP contribution in [0.15, 0.2) is 0 Å². The number of hydrogen-bond donors (Lipinski definition) is 0. The van der Waals surface area contributed by atoms with E-state index in [1.54, 1.807) is 0 Å². The predicted molar refractivity (Wildman–Crippen MR) is 37.9 cm³/mol. The summed E-state index contributed by atoms with van der Waals surface area (Å²) in [5.41, 5.74) is 0. The Balaban J connectivity index is 1.82. The summed E-state index contributed by atoms with van der Waals surface area (Å²) >= 11 is 0. The van der Waals surface area contributed by atoms with E-state index in [2.05, 4.69) is 11.4 Å². The van der Waals surface area contributed by atoms with Gasteiger partial charge in [-0.05, 0) is 32.2 Å². The minimum absolute atomic E-state index is 0.951. The van der Waals surface area contributed by atoms with Crippen molar-refractivity contribution >= 4 is 0 Å². The van der Waals surface area contributed by atoms with E-state index in [1.165, 1.54) is 38.6 Å². The van der Waals surface area contributed by atoms with Crippen LogP contribution in [0.5, 0.6) is 0 Å². The fraction of sp³-hybridized carbons (Fsp3) is 0.875. The maximum atomic E-state index is 2.55. The molecule has 0 aromatic rings. The van der Waals surface area contributed by atoms with Crippen molar-refractivity contribution in [1.82, 2.24) is 4.90 Å². The Bertz CT molecular complexity index is 90.7. The van der Waals surface area contributed by atoms with Crippen LogP contribution >= 0.6 is 0 Å². The van der Waals surface area contributed by atoms with Crippen LogP contribution in [0.1, 0.15) is 32.1 Å². The molecule has 1 heterocycles. The summed E-state index contributed by atoms with van der Waals surface area (Å²) in [5, 5.41) is 0. The lowest BCUT2D eigenvalue weighted by Gasteiger charge is -2.33. The fourth-order valence-corrected chi connectivity index (χ4v) is 1.67. The molecule has 1 saturated carbocycles. The van der Waals surface area contributed by atoms with Crippen molar-refractivity contribution in [2.75, 3.05) is 6.54 Å². The summed E-state index contributed by atoms with van der Waals surface area (Å²) in [6, 6.07) is 0.951. The Morgan fingerprint density at radius 1 is 1.22 bits per heavy atom. The van der Waals surface area contributed by atoms with E-state index in [-0.39, 0.29) is 0 Å². The first kappa shape index (κ1) is 5.72. The molecule has 1 heteroatoms. The average molecular weight is 124 g/mol. The molecule has 0 N–H and O–H groups in total. The first-order valence-corrected chi connectivity index (χ1v) is 4.06. The summed E-state index contributed by atoms with van der Waals surface area (Å²) in [6.07, 6.45) is 7.11. The Labute approximate surface area is 57.0 Å². The number of nitrogens with zero attached hydrogens (tertiary/aromatic N) is 1. The van der Waals surface area contributed by atoms with Gasteiger partial charge in [-0.2, -0.15) is 0 Å². The lowest BCUT2D eigenvalue weighted by Crippen LogP contribution is -2.35. The van der Waals surface area contributed by atoms with Crippen LogP contribution in [0.4, 0.5) is 0 Å². The zero-order valence-electron chi connectivity index (χ0n) is 5.84. The van der Waals surface area contributed by atoms with Gasteiger partial charge in [-0.3, -0.25) is 4.90 Å². The number of rotatable bonds is 1. The van der Waals surface area contributed by atoms with Gasteiger partial charge in [-0.25, -0.2) is 0 Å². The van der Waals surface area contributed by atoms with Gasteiger partial charge in [0.2, 0.25) is 0 Å². The highest BCUT2D eigenvalue weighted by Crippen LogP contribution is 2.29. The van der Waals surface area contributed by atoms with Gasteiger partial charge in [0.1, 0.15) is 0 Å². The topological polar surface area (TPSA) is 3.24 Å². The molecule has 0 aromatic carbocycles. The second kappa shape index (κ2) is 2.30. The Morgan fingerprint density at radius 2 is 2.11 bits per heavy atom. The molecule has 0 atom stereocenters. The highest BCUT2D eigenvalue weighted by Gasteiger charge is 2.26. The molecule has 0 bridgehead atoms. The van der Waals surface area contributed by atoms with Crippen molar-refractivity contribution in [3.05, 3.63) is 6.54 Å². The van der Waals surface area contributed by atoms with Gasteiger partial charge in [-0.1, -0.05) is 6.42 Å². The first-order valence-electron chi connectivity index (χ1n) is 4.06. The van der Waals surface area contributed by atoms with Crippen LogP contribution in [-0.4, -0.2) is 17.5 Å². The third-order valence-electron chi connectivity index (χ3n) is 2.53. The van der Waals surface area contributed by atoms with Gasteiger partial charge in [0, 0.05) is 12.6 Å². The Kier molecular flexibility index (Phi) is 1.46. The monoisotopic (exact) mass is 124 g/mol. The maximum absolute atomic E-state index is 2.55. The molecular weight excluding hydrogens is 110 g/mol. The van der Waals surface area contributed by atoms with E-state index in [9.17, 15) is 0 Å². The van der Waals surface area contributed by atoms with Crippen molar-refractivity contribution in [1.29, 1.82) is 0 Å². The van der Waals surface area contributed by atoms with Crippen molar-refractivity contribution in [2.24, 2.45) is 0 Å². The summed E-state index contributed by atoms with van der Waals surface area (Å²) in [4.78, 5) is 2.55. The van der Waals surface area contributed by atoms with E-state index >= 15 is 0 Å². The molecule has 1 saturated heterocycles. The third kappa shape index (κ3) is 0.983. The molecule has 0 amide bonds. The summed E-state index contributed by atoms with van der Waals surface area (Å²) < 4.78 is 0. The van der Waals surface area contributed by atoms with E-state index in [1.807, 2.05) is 0 Å². The maximum Gasteiger partial charge on any atom is 0.0255 e. The van der Waals surface area contributed by atoms with E-state index < -0.39 is 0 Å². The molecular formula is C8H14N. The molecule has 2 fully saturated rings. The molecule has 0 aromatic heterocycles. The highest BCUT2D eigenvalue weighted by atomic mass is 15.2. The van der Waals surface area contributed by atoms with Crippen molar-refractivity contribution in [2.45, 2.75) is 38.1 Å². The van der Waals surface area contributed by atoms with Crippen molar-refractivity contribution in [3.8, 4) is 0 Å². The summed E-state index contributed by atoms with van der Waals surface area (Å²) in [7, 11) is 0. The quantitative estimate of drug-likeness (QED) is 0.515. The molecule has 1 radical (unpaired) electrons. The highest BCUT2D eigenvalue weighted by molar-refractivity contribution is 4.87. The molecule has 9 heavy (non-hydrogen) atoms. The van der Waals surface area contributed by atoms with Crippen LogP contribution in [-0.2, 0) is 0 Å². The van der Waals surface area contributed by atoms with E-state index in [0.29, 0.717) is 0 Å². The van der Waals surface area contributed by atoms with E-state index in [4.69, 9.17) is 0 Å². The molecule has 51 valence electrons. The molecule has 1 aliphatic carbocycles. The molecule has 2 rings (SSSR count). The van der Waals surface area contributed by atoms with Gasteiger partial charge in [0.05, 0.1) is 0 Å². The van der Waals surface area contributed by atoms with Crippen LogP contribution in [0.2, 0.25) is 0 Å². The van der Waals surface area contributed by atoms with Crippen LogP contribution in [0, 0.1) is 6.54 Å². The second-order valence-electron chi connectivity index (χ2n) is 3.15. The molecule has 1 nitrogen and oxygen atoms in total. The zero-order chi connectivity index (χ0) is 6.10. The summed E-state index contributed by atoms with van der Waals surface area (Å²) in [5.74, 6) is 0. The number of hydrogen-bond acceptors (Lipinski definition) is 1. The first-order chi connectivity index (χ1) is 4.47. The zero-order valence-corrected chi connectivity index (χ0v) is 5.84. The van der Waals surface area contributed by atoms with Gasteiger partial charge < -0.3 is 0 Å². The minimum Gasteiger partial charge on any atom is -0.296 e. The van der Waals surface area contributed by atoms with Gasteiger partial charge >= 0.3 is 0 Å². The average Bonchev–Trinajstić information content (AvgIpc) is 2.11. The van der Waals surface area contributed by atoms with Crippen LogP contribution < -0.4 is 0 Å². The van der Waals surface area contributed by atoms with E-state index in [0.717, 1.165) is 6.04 Å². The SMILES string of the molecule is [CH]1CCCN1C1CCC1. The lowest BCUT2D eigenvalue weighted by atomic mass is 9.92.